The third kappa shape index (κ3) is 2.42. The highest BCUT2D eigenvalue weighted by Crippen LogP contribution is 2.30. The first-order valence-electron chi connectivity index (χ1n) is 5.39. The van der Waals surface area contributed by atoms with Crippen LogP contribution in [0.25, 0.3) is 0 Å². The molecule has 0 aliphatic rings. The monoisotopic (exact) mass is 226 g/mol. The lowest BCUT2D eigenvalue weighted by atomic mass is 9.83. The maximum Gasteiger partial charge on any atom is 0.126 e. The smallest absolute Gasteiger partial charge is 0.126 e. The molecule has 0 aromatic heterocycles. The van der Waals surface area contributed by atoms with Gasteiger partial charge in [-0.1, -0.05) is 26.0 Å². The fourth-order valence-electron chi connectivity index (χ4n) is 1.72. The molecule has 0 aliphatic carbocycles. The number of hydrogen-bond acceptors (Lipinski definition) is 2. The summed E-state index contributed by atoms with van der Waals surface area (Å²) in [5.74, 6) is -0.260. The normalized spacial score (nSPS) is 15.2. The van der Waals surface area contributed by atoms with Crippen molar-refractivity contribution in [3.8, 4) is 0 Å². The quantitative estimate of drug-likeness (QED) is 0.855. The predicted octanol–water partition coefficient (Wildman–Crippen LogP) is 2.62. The Morgan fingerprint density at radius 3 is 2.50 bits per heavy atom. The highest BCUT2D eigenvalue weighted by Gasteiger charge is 2.33. The van der Waals surface area contributed by atoms with E-state index in [9.17, 15) is 9.50 Å². The minimum Gasteiger partial charge on any atom is -0.382 e. The second-order valence-electron chi connectivity index (χ2n) is 4.48. The third-order valence-electron chi connectivity index (χ3n) is 2.98. The Labute approximate surface area is 96.1 Å². The van der Waals surface area contributed by atoms with E-state index >= 15 is 0 Å². The molecule has 16 heavy (non-hydrogen) atoms. The van der Waals surface area contributed by atoms with E-state index in [0.29, 0.717) is 11.1 Å². The Hall–Kier alpha value is -0.930. The Morgan fingerprint density at radius 2 is 2.06 bits per heavy atom. The van der Waals surface area contributed by atoms with E-state index in [4.69, 9.17) is 4.74 Å². The number of ether oxygens (including phenoxy) is 1. The van der Waals surface area contributed by atoms with Crippen molar-refractivity contribution >= 4 is 0 Å². The molecule has 1 atom stereocenters. The van der Waals surface area contributed by atoms with E-state index in [1.54, 1.807) is 26.2 Å². The molecule has 0 heterocycles. The van der Waals surface area contributed by atoms with Gasteiger partial charge < -0.3 is 9.84 Å². The van der Waals surface area contributed by atoms with Gasteiger partial charge in [-0.25, -0.2) is 4.39 Å². The summed E-state index contributed by atoms with van der Waals surface area (Å²) in [5, 5.41) is 10.5. The number of halogens is 1. The highest BCUT2D eigenvalue weighted by atomic mass is 19.1. The summed E-state index contributed by atoms with van der Waals surface area (Å²) < 4.78 is 18.2. The van der Waals surface area contributed by atoms with Crippen molar-refractivity contribution in [1.29, 1.82) is 0 Å². The molecule has 0 saturated heterocycles. The van der Waals surface area contributed by atoms with E-state index in [1.165, 1.54) is 6.07 Å². The standard InChI is InChI=1S/C13H19FO2/c1-9(2)13(15,8-16-4)11-5-6-12(14)10(3)7-11/h5-7,9,15H,8H2,1-4H3. The van der Waals surface area contributed by atoms with Gasteiger partial charge in [-0.3, -0.25) is 0 Å². The maximum absolute atomic E-state index is 13.2. The number of hydrogen-bond donors (Lipinski definition) is 1. The first-order chi connectivity index (χ1) is 7.41. The molecule has 1 aromatic rings. The molecule has 1 unspecified atom stereocenters. The zero-order chi connectivity index (χ0) is 12.3. The van der Waals surface area contributed by atoms with Crippen LogP contribution in [0.2, 0.25) is 0 Å². The van der Waals surface area contributed by atoms with Crippen molar-refractivity contribution in [2.75, 3.05) is 13.7 Å². The van der Waals surface area contributed by atoms with Crippen LogP contribution in [0.3, 0.4) is 0 Å². The molecule has 2 nitrogen and oxygen atoms in total. The summed E-state index contributed by atoms with van der Waals surface area (Å²) in [6.07, 6.45) is 0. The molecule has 1 N–H and O–H groups in total. The Bertz CT molecular complexity index is 363. The van der Waals surface area contributed by atoms with Crippen molar-refractivity contribution in [3.05, 3.63) is 35.1 Å². The molecule has 0 bridgehead atoms. The predicted molar refractivity (Wildman–Crippen MR) is 61.7 cm³/mol. The molecule has 1 aromatic carbocycles. The summed E-state index contributed by atoms with van der Waals surface area (Å²) in [6, 6.07) is 4.67. The largest absolute Gasteiger partial charge is 0.382 e. The molecule has 0 saturated carbocycles. The lowest BCUT2D eigenvalue weighted by molar-refractivity contribution is -0.0701. The molecule has 3 heteroatoms. The first-order valence-corrected chi connectivity index (χ1v) is 5.39. The Balaban J connectivity index is 3.16. The van der Waals surface area contributed by atoms with Crippen LogP contribution in [-0.4, -0.2) is 18.8 Å². The maximum atomic E-state index is 13.2. The van der Waals surface area contributed by atoms with Crippen molar-refractivity contribution < 1.29 is 14.2 Å². The number of benzene rings is 1. The van der Waals surface area contributed by atoms with Crippen molar-refractivity contribution in [2.24, 2.45) is 5.92 Å². The third-order valence-corrected chi connectivity index (χ3v) is 2.98. The topological polar surface area (TPSA) is 29.5 Å². The molecule has 1 rings (SSSR count). The van der Waals surface area contributed by atoms with Crippen molar-refractivity contribution in [2.45, 2.75) is 26.4 Å². The van der Waals surface area contributed by atoms with Crippen LogP contribution in [0.1, 0.15) is 25.0 Å². The fraction of sp³-hybridized carbons (Fsp3) is 0.538. The number of rotatable bonds is 4. The zero-order valence-electron chi connectivity index (χ0n) is 10.2. The van der Waals surface area contributed by atoms with E-state index < -0.39 is 5.60 Å². The number of aliphatic hydroxyl groups is 1. The van der Waals surface area contributed by atoms with Gasteiger partial charge in [0, 0.05) is 7.11 Å². The molecular formula is C13H19FO2. The number of aryl methyl sites for hydroxylation is 1. The van der Waals surface area contributed by atoms with Crippen LogP contribution in [0.15, 0.2) is 18.2 Å². The Kier molecular flexibility index (Phi) is 4.05. The van der Waals surface area contributed by atoms with Gasteiger partial charge in [0.25, 0.3) is 0 Å². The van der Waals surface area contributed by atoms with Gasteiger partial charge in [-0.05, 0) is 30.0 Å². The summed E-state index contributed by atoms with van der Waals surface area (Å²) in [7, 11) is 1.55. The summed E-state index contributed by atoms with van der Waals surface area (Å²) in [5.41, 5.74) is 0.170. The van der Waals surface area contributed by atoms with Crippen molar-refractivity contribution in [1.82, 2.24) is 0 Å². The summed E-state index contributed by atoms with van der Waals surface area (Å²) >= 11 is 0. The van der Waals surface area contributed by atoms with Gasteiger partial charge >= 0.3 is 0 Å². The van der Waals surface area contributed by atoms with Crippen molar-refractivity contribution in [3.63, 3.8) is 0 Å². The van der Waals surface area contributed by atoms with Crippen LogP contribution in [0, 0.1) is 18.7 Å². The van der Waals surface area contributed by atoms with E-state index in [2.05, 4.69) is 0 Å². The highest BCUT2D eigenvalue weighted by molar-refractivity contribution is 5.29. The number of methoxy groups -OCH3 is 1. The molecule has 0 amide bonds. The fourth-order valence-corrected chi connectivity index (χ4v) is 1.72. The molecular weight excluding hydrogens is 207 g/mol. The van der Waals surface area contributed by atoms with Crippen LogP contribution in [-0.2, 0) is 10.3 Å². The molecule has 90 valence electrons. The van der Waals surface area contributed by atoms with E-state index in [-0.39, 0.29) is 18.3 Å². The van der Waals surface area contributed by atoms with E-state index in [0.717, 1.165) is 0 Å². The second-order valence-corrected chi connectivity index (χ2v) is 4.48. The van der Waals surface area contributed by atoms with Gasteiger partial charge in [0.1, 0.15) is 11.4 Å². The average molecular weight is 226 g/mol. The summed E-state index contributed by atoms with van der Waals surface area (Å²) in [6.45, 7) is 5.72. The van der Waals surface area contributed by atoms with Gasteiger partial charge in [-0.2, -0.15) is 0 Å². The molecule has 0 radical (unpaired) electrons. The van der Waals surface area contributed by atoms with E-state index in [1.807, 2.05) is 13.8 Å². The SMILES string of the molecule is COCC(O)(c1ccc(F)c(C)c1)C(C)C. The molecule has 0 aliphatic heterocycles. The zero-order valence-corrected chi connectivity index (χ0v) is 10.2. The molecule has 0 fully saturated rings. The van der Waals surface area contributed by atoms with Gasteiger partial charge in [0.05, 0.1) is 6.61 Å². The Morgan fingerprint density at radius 1 is 1.44 bits per heavy atom. The first kappa shape index (κ1) is 13.1. The van der Waals surface area contributed by atoms with Gasteiger partial charge in [0.15, 0.2) is 0 Å². The molecule has 0 spiro atoms. The second kappa shape index (κ2) is 4.93. The van der Waals surface area contributed by atoms with Gasteiger partial charge in [0.2, 0.25) is 0 Å². The van der Waals surface area contributed by atoms with Crippen LogP contribution >= 0.6 is 0 Å². The lowest BCUT2D eigenvalue weighted by Crippen LogP contribution is -2.37. The minimum atomic E-state index is -1.06. The van der Waals surface area contributed by atoms with Gasteiger partial charge in [-0.15, -0.1) is 0 Å². The summed E-state index contributed by atoms with van der Waals surface area (Å²) in [4.78, 5) is 0. The van der Waals surface area contributed by atoms with Crippen LogP contribution < -0.4 is 0 Å². The minimum absolute atomic E-state index is 0.00249. The average Bonchev–Trinajstić information content (AvgIpc) is 2.22. The van der Waals surface area contributed by atoms with Crippen LogP contribution in [0.4, 0.5) is 4.39 Å². The van der Waals surface area contributed by atoms with Crippen LogP contribution in [0.5, 0.6) is 0 Å². The lowest BCUT2D eigenvalue weighted by Gasteiger charge is -2.32.